The lowest BCUT2D eigenvalue weighted by Gasteiger charge is -2.25. The van der Waals surface area contributed by atoms with Gasteiger partial charge in [0, 0.05) is 26.2 Å². The van der Waals surface area contributed by atoms with Gasteiger partial charge in [-0.25, -0.2) is 0 Å². The third kappa shape index (κ3) is 5.12. The molecule has 1 atom stereocenters. The Morgan fingerprint density at radius 3 is 2.15 bits per heavy atom. The van der Waals surface area contributed by atoms with Gasteiger partial charge in [-0.05, 0) is 33.6 Å². The molecule has 0 aliphatic carbocycles. The van der Waals surface area contributed by atoms with Crippen LogP contribution in [0.1, 0.15) is 46.5 Å². The molecule has 1 fully saturated rings. The zero-order chi connectivity index (χ0) is 15.0. The average molecular weight is 283 g/mol. The molecule has 1 rings (SSSR count). The van der Waals surface area contributed by atoms with E-state index in [1.807, 2.05) is 25.7 Å². The molecule has 1 aliphatic heterocycles. The quantitative estimate of drug-likeness (QED) is 0.798. The molecule has 1 saturated heterocycles. The van der Waals surface area contributed by atoms with Crippen LogP contribution in [0, 0.1) is 0 Å². The summed E-state index contributed by atoms with van der Waals surface area (Å²) in [5.74, 6) is 0.185. The molecule has 2 amide bonds. The van der Waals surface area contributed by atoms with Gasteiger partial charge in [0.2, 0.25) is 11.8 Å². The summed E-state index contributed by atoms with van der Waals surface area (Å²) in [7, 11) is 0. The number of amides is 2. The van der Waals surface area contributed by atoms with E-state index in [1.54, 1.807) is 4.90 Å². The number of likely N-dealkylation sites (N-methyl/N-ethyl adjacent to an activating group) is 1. The van der Waals surface area contributed by atoms with Gasteiger partial charge in [0.05, 0.1) is 12.6 Å². The van der Waals surface area contributed by atoms with Crippen molar-refractivity contribution < 1.29 is 9.59 Å². The van der Waals surface area contributed by atoms with Gasteiger partial charge in [0.1, 0.15) is 0 Å². The number of carbonyl (C=O) groups excluding carboxylic acids is 2. The van der Waals surface area contributed by atoms with Crippen molar-refractivity contribution in [3.8, 4) is 0 Å². The van der Waals surface area contributed by atoms with Crippen molar-refractivity contribution in [2.75, 3.05) is 32.7 Å². The third-order valence-electron chi connectivity index (χ3n) is 3.96. The van der Waals surface area contributed by atoms with Crippen LogP contribution < -0.4 is 5.32 Å². The Morgan fingerprint density at radius 1 is 1.10 bits per heavy atom. The number of carbonyl (C=O) groups is 2. The largest absolute Gasteiger partial charge is 0.342 e. The second kappa shape index (κ2) is 8.95. The molecule has 1 unspecified atom stereocenters. The molecule has 0 spiro atoms. The normalized spacial score (nSPS) is 17.4. The standard InChI is InChI=1S/C15H29N3O2/c1-4-17(5-2)14(19)12-16-13(3)15(20)18-10-8-6-7-9-11-18/h13,16H,4-12H2,1-3H3. The summed E-state index contributed by atoms with van der Waals surface area (Å²) < 4.78 is 0. The lowest BCUT2D eigenvalue weighted by Crippen LogP contribution is -2.48. The molecule has 116 valence electrons. The molecule has 20 heavy (non-hydrogen) atoms. The van der Waals surface area contributed by atoms with E-state index in [1.165, 1.54) is 12.8 Å². The lowest BCUT2D eigenvalue weighted by molar-refractivity contribution is -0.133. The number of likely N-dealkylation sites (tertiary alicyclic amines) is 1. The molecule has 0 aromatic rings. The van der Waals surface area contributed by atoms with Crippen LogP contribution in [0.3, 0.4) is 0 Å². The van der Waals surface area contributed by atoms with Crippen LogP contribution in [0.2, 0.25) is 0 Å². The maximum atomic E-state index is 12.3. The second-order valence-electron chi connectivity index (χ2n) is 5.41. The number of nitrogens with zero attached hydrogens (tertiary/aromatic N) is 2. The van der Waals surface area contributed by atoms with Crippen LogP contribution in [-0.2, 0) is 9.59 Å². The summed E-state index contributed by atoms with van der Waals surface area (Å²) >= 11 is 0. The van der Waals surface area contributed by atoms with Gasteiger partial charge in [-0.3, -0.25) is 14.9 Å². The predicted molar refractivity (Wildman–Crippen MR) is 80.4 cm³/mol. The van der Waals surface area contributed by atoms with E-state index in [9.17, 15) is 9.59 Å². The minimum atomic E-state index is -0.285. The van der Waals surface area contributed by atoms with Gasteiger partial charge >= 0.3 is 0 Å². The Bertz CT molecular complexity index is 308. The Morgan fingerprint density at radius 2 is 1.65 bits per heavy atom. The molecule has 1 heterocycles. The summed E-state index contributed by atoms with van der Waals surface area (Å²) in [5.41, 5.74) is 0. The molecule has 0 aromatic carbocycles. The molecular formula is C15H29N3O2. The number of rotatable bonds is 6. The van der Waals surface area contributed by atoms with Crippen molar-refractivity contribution in [1.82, 2.24) is 15.1 Å². The first kappa shape index (κ1) is 17.0. The first-order valence-corrected chi connectivity index (χ1v) is 7.90. The summed E-state index contributed by atoms with van der Waals surface area (Å²) in [6.07, 6.45) is 4.62. The van der Waals surface area contributed by atoms with Gasteiger partial charge in [-0.2, -0.15) is 0 Å². The second-order valence-corrected chi connectivity index (χ2v) is 5.41. The van der Waals surface area contributed by atoms with Crippen molar-refractivity contribution in [2.24, 2.45) is 0 Å². The fourth-order valence-corrected chi connectivity index (χ4v) is 2.58. The smallest absolute Gasteiger partial charge is 0.239 e. The lowest BCUT2D eigenvalue weighted by atomic mass is 10.2. The first-order valence-electron chi connectivity index (χ1n) is 7.90. The molecule has 1 aliphatic rings. The van der Waals surface area contributed by atoms with Gasteiger partial charge < -0.3 is 9.80 Å². The summed E-state index contributed by atoms with van der Waals surface area (Å²) in [5, 5.41) is 3.07. The van der Waals surface area contributed by atoms with Gasteiger partial charge in [0.25, 0.3) is 0 Å². The fourth-order valence-electron chi connectivity index (χ4n) is 2.58. The van der Waals surface area contributed by atoms with Crippen LogP contribution in [0.25, 0.3) is 0 Å². The minimum Gasteiger partial charge on any atom is -0.342 e. The van der Waals surface area contributed by atoms with Gasteiger partial charge in [-0.15, -0.1) is 0 Å². The predicted octanol–water partition coefficient (Wildman–Crippen LogP) is 1.24. The molecule has 0 saturated carbocycles. The molecule has 1 N–H and O–H groups in total. The van der Waals surface area contributed by atoms with Crippen molar-refractivity contribution >= 4 is 11.8 Å². The maximum Gasteiger partial charge on any atom is 0.239 e. The van der Waals surface area contributed by atoms with Crippen LogP contribution in [0.5, 0.6) is 0 Å². The van der Waals surface area contributed by atoms with E-state index in [0.29, 0.717) is 13.1 Å². The van der Waals surface area contributed by atoms with E-state index in [0.717, 1.165) is 25.9 Å². The van der Waals surface area contributed by atoms with Crippen molar-refractivity contribution in [1.29, 1.82) is 0 Å². The Balaban J connectivity index is 2.39. The van der Waals surface area contributed by atoms with Crippen molar-refractivity contribution in [2.45, 2.75) is 52.5 Å². The maximum absolute atomic E-state index is 12.3. The average Bonchev–Trinajstić information content (AvgIpc) is 2.74. The molecule has 0 bridgehead atoms. The van der Waals surface area contributed by atoms with Crippen molar-refractivity contribution in [3.05, 3.63) is 0 Å². The van der Waals surface area contributed by atoms with E-state index >= 15 is 0 Å². The van der Waals surface area contributed by atoms with Crippen LogP contribution in [0.4, 0.5) is 0 Å². The Labute approximate surface area is 122 Å². The summed E-state index contributed by atoms with van der Waals surface area (Å²) in [4.78, 5) is 27.9. The summed E-state index contributed by atoms with van der Waals surface area (Å²) in [6.45, 7) is 9.16. The third-order valence-corrected chi connectivity index (χ3v) is 3.96. The monoisotopic (exact) mass is 283 g/mol. The SMILES string of the molecule is CCN(CC)C(=O)CNC(C)C(=O)N1CCCCCC1. The highest BCUT2D eigenvalue weighted by Crippen LogP contribution is 2.10. The first-order chi connectivity index (χ1) is 9.60. The van der Waals surface area contributed by atoms with Crippen LogP contribution >= 0.6 is 0 Å². The zero-order valence-corrected chi connectivity index (χ0v) is 13.2. The Hall–Kier alpha value is -1.10. The molecule has 0 aromatic heterocycles. The minimum absolute atomic E-state index is 0.0607. The molecule has 5 heteroatoms. The highest BCUT2D eigenvalue weighted by atomic mass is 16.2. The van der Waals surface area contributed by atoms with E-state index in [-0.39, 0.29) is 24.4 Å². The van der Waals surface area contributed by atoms with Gasteiger partial charge in [-0.1, -0.05) is 12.8 Å². The van der Waals surface area contributed by atoms with E-state index in [2.05, 4.69) is 5.32 Å². The molecule has 0 radical (unpaired) electrons. The summed E-state index contributed by atoms with van der Waals surface area (Å²) in [6, 6.07) is -0.285. The topological polar surface area (TPSA) is 52.7 Å². The fraction of sp³-hybridized carbons (Fsp3) is 0.867. The van der Waals surface area contributed by atoms with E-state index in [4.69, 9.17) is 0 Å². The highest BCUT2D eigenvalue weighted by molar-refractivity contribution is 5.83. The van der Waals surface area contributed by atoms with E-state index < -0.39 is 0 Å². The molecular weight excluding hydrogens is 254 g/mol. The van der Waals surface area contributed by atoms with Gasteiger partial charge in [0.15, 0.2) is 0 Å². The number of nitrogens with one attached hydrogen (secondary N) is 1. The van der Waals surface area contributed by atoms with Crippen LogP contribution in [0.15, 0.2) is 0 Å². The zero-order valence-electron chi connectivity index (χ0n) is 13.2. The number of hydrogen-bond donors (Lipinski definition) is 1. The van der Waals surface area contributed by atoms with Crippen LogP contribution in [-0.4, -0.2) is 60.4 Å². The number of hydrogen-bond acceptors (Lipinski definition) is 3. The van der Waals surface area contributed by atoms with Crippen molar-refractivity contribution in [3.63, 3.8) is 0 Å². The Kier molecular flexibility index (Phi) is 7.59. The molecule has 5 nitrogen and oxygen atoms in total. The highest BCUT2D eigenvalue weighted by Gasteiger charge is 2.22.